The first-order valence-electron chi connectivity index (χ1n) is 8.00. The first-order chi connectivity index (χ1) is 12.8. The molecule has 0 aliphatic rings. The first kappa shape index (κ1) is 16.1. The van der Waals surface area contributed by atoms with Crippen LogP contribution in [0.3, 0.4) is 0 Å². The van der Waals surface area contributed by atoms with Gasteiger partial charge in [-0.05, 0) is 36.6 Å². The molecule has 6 heteroatoms. The number of nitrogens with one attached hydrogen (secondary N) is 1. The summed E-state index contributed by atoms with van der Waals surface area (Å²) in [7, 11) is 0. The van der Waals surface area contributed by atoms with E-state index in [0.29, 0.717) is 17.5 Å². The van der Waals surface area contributed by atoms with Crippen LogP contribution in [0.1, 0.15) is 12.8 Å². The Labute approximate surface area is 154 Å². The summed E-state index contributed by atoms with van der Waals surface area (Å²) in [5, 5.41) is 14.7. The summed E-state index contributed by atoms with van der Waals surface area (Å²) < 4.78 is 6.80. The fourth-order valence-corrected chi connectivity index (χ4v) is 3.55. The van der Waals surface area contributed by atoms with Gasteiger partial charge in [0.2, 0.25) is 11.6 Å². The molecule has 2 aromatic carbocycles. The number of aromatic nitrogens is 2. The fourth-order valence-electron chi connectivity index (χ4n) is 2.67. The van der Waals surface area contributed by atoms with Crippen LogP contribution in [0.15, 0.2) is 64.4 Å². The predicted molar refractivity (Wildman–Crippen MR) is 105 cm³/mol. The van der Waals surface area contributed by atoms with E-state index in [1.54, 1.807) is 11.3 Å². The zero-order valence-electron chi connectivity index (χ0n) is 13.9. The molecule has 4 rings (SSSR count). The molecule has 0 unspecified atom stereocenters. The van der Waals surface area contributed by atoms with Crippen LogP contribution in [-0.4, -0.2) is 10.2 Å². The van der Waals surface area contributed by atoms with Crippen LogP contribution in [0.5, 0.6) is 0 Å². The fraction of sp³-hybridized carbons (Fsp3) is 0.0500. The molecule has 0 aliphatic heterocycles. The summed E-state index contributed by atoms with van der Waals surface area (Å²) in [6.45, 7) is 9.21. The summed E-state index contributed by atoms with van der Waals surface area (Å²) in [5.74, 6) is 0.898. The Bertz CT molecular complexity index is 1140. The minimum Gasteiger partial charge on any atom is -0.415 e. The molecular formula is C20H14N4OS. The van der Waals surface area contributed by atoms with E-state index < -0.39 is 0 Å². The summed E-state index contributed by atoms with van der Waals surface area (Å²) in [4.78, 5) is 3.58. The Morgan fingerprint density at radius 2 is 2.00 bits per heavy atom. The van der Waals surface area contributed by atoms with E-state index in [-0.39, 0.29) is 0 Å². The third kappa shape index (κ3) is 2.85. The van der Waals surface area contributed by atoms with Crippen molar-refractivity contribution in [3.8, 4) is 11.5 Å². The highest BCUT2D eigenvalue weighted by molar-refractivity contribution is 7.18. The molecule has 0 amide bonds. The molecule has 0 radical (unpaired) electrons. The second kappa shape index (κ2) is 6.82. The molecule has 0 saturated carbocycles. The van der Waals surface area contributed by atoms with E-state index in [9.17, 15) is 0 Å². The quantitative estimate of drug-likeness (QED) is 0.456. The number of hydrogen-bond acceptors (Lipinski definition) is 5. The topological polar surface area (TPSA) is 55.3 Å². The van der Waals surface area contributed by atoms with Gasteiger partial charge in [0.25, 0.3) is 5.89 Å². The molecule has 0 saturated heterocycles. The van der Waals surface area contributed by atoms with Crippen molar-refractivity contribution >= 4 is 38.5 Å². The minimum absolute atomic E-state index is 0.420. The van der Waals surface area contributed by atoms with Crippen LogP contribution in [0.2, 0.25) is 0 Å². The number of benzene rings is 2. The van der Waals surface area contributed by atoms with Crippen molar-refractivity contribution in [1.29, 1.82) is 0 Å². The van der Waals surface area contributed by atoms with E-state index in [1.807, 2.05) is 66.9 Å². The molecule has 0 aliphatic carbocycles. The van der Waals surface area contributed by atoms with E-state index in [4.69, 9.17) is 11.0 Å². The molecule has 0 fully saturated rings. The zero-order chi connectivity index (χ0) is 17.9. The number of hydrogen-bond donors (Lipinski definition) is 1. The van der Waals surface area contributed by atoms with Crippen molar-refractivity contribution in [3.05, 3.63) is 77.3 Å². The van der Waals surface area contributed by atoms with Crippen molar-refractivity contribution in [1.82, 2.24) is 10.2 Å². The monoisotopic (exact) mass is 358 g/mol. The van der Waals surface area contributed by atoms with Gasteiger partial charge in [0.05, 0.1) is 12.3 Å². The van der Waals surface area contributed by atoms with Gasteiger partial charge in [-0.3, -0.25) is 0 Å². The van der Waals surface area contributed by atoms with Gasteiger partial charge in [-0.25, -0.2) is 4.85 Å². The highest BCUT2D eigenvalue weighted by atomic mass is 32.1. The number of rotatable bonds is 4. The third-order valence-electron chi connectivity index (χ3n) is 3.95. The van der Waals surface area contributed by atoms with Gasteiger partial charge in [0.1, 0.15) is 0 Å². The van der Waals surface area contributed by atoms with Gasteiger partial charge >= 0.3 is 0 Å². The lowest BCUT2D eigenvalue weighted by molar-refractivity contribution is 0.553. The van der Waals surface area contributed by atoms with Gasteiger partial charge < -0.3 is 9.73 Å². The zero-order valence-corrected chi connectivity index (χ0v) is 14.7. The molecule has 0 atom stereocenters. The van der Waals surface area contributed by atoms with Crippen LogP contribution in [0.25, 0.3) is 32.1 Å². The molecule has 26 heavy (non-hydrogen) atoms. The molecule has 126 valence electrons. The SMILES string of the molecule is [C-]#[N+]c1ccc(N/C(=C\C)c2nnc(-c3ccccc3)o2)c2ccsc12. The minimum atomic E-state index is 0.420. The lowest BCUT2D eigenvalue weighted by Crippen LogP contribution is -1.99. The molecule has 5 nitrogen and oxygen atoms in total. The van der Waals surface area contributed by atoms with E-state index in [0.717, 1.165) is 27.0 Å². The van der Waals surface area contributed by atoms with E-state index >= 15 is 0 Å². The Morgan fingerprint density at radius 1 is 1.15 bits per heavy atom. The maximum absolute atomic E-state index is 7.30. The summed E-state index contributed by atoms with van der Waals surface area (Å²) in [5.41, 5.74) is 3.17. The standard InChI is InChI=1S/C20H14N4OS/c1-3-15(20-24-23-19(25-20)13-7-5-4-6-8-13)22-16-9-10-17(21-2)18-14(16)11-12-26-18/h3-12,22H,1H3/b15-3-. The van der Waals surface area contributed by atoms with Crippen LogP contribution >= 0.6 is 11.3 Å². The van der Waals surface area contributed by atoms with Crippen molar-refractivity contribution in [2.45, 2.75) is 6.92 Å². The van der Waals surface area contributed by atoms with Crippen molar-refractivity contribution in [3.63, 3.8) is 0 Å². The summed E-state index contributed by atoms with van der Waals surface area (Å²) in [6.07, 6.45) is 1.89. The van der Waals surface area contributed by atoms with Crippen LogP contribution in [0, 0.1) is 6.57 Å². The number of anilines is 1. The average Bonchev–Trinajstić information content (AvgIpc) is 3.37. The second-order valence-electron chi connectivity index (χ2n) is 5.51. The number of allylic oxidation sites excluding steroid dienone is 1. The van der Waals surface area contributed by atoms with Crippen LogP contribution < -0.4 is 5.32 Å². The van der Waals surface area contributed by atoms with Crippen LogP contribution in [0.4, 0.5) is 11.4 Å². The normalized spacial score (nSPS) is 11.5. The Balaban J connectivity index is 1.67. The van der Waals surface area contributed by atoms with Gasteiger partial charge in [-0.15, -0.1) is 10.2 Å². The molecule has 0 bridgehead atoms. The maximum atomic E-state index is 7.30. The maximum Gasteiger partial charge on any atom is 0.264 e. The van der Waals surface area contributed by atoms with Crippen molar-refractivity contribution < 1.29 is 4.42 Å². The highest BCUT2D eigenvalue weighted by Gasteiger charge is 2.14. The molecule has 0 spiro atoms. The van der Waals surface area contributed by atoms with Gasteiger partial charge in [0, 0.05) is 21.3 Å². The van der Waals surface area contributed by atoms with Gasteiger partial charge in [-0.2, -0.15) is 11.3 Å². The predicted octanol–water partition coefficient (Wildman–Crippen LogP) is 5.97. The van der Waals surface area contributed by atoms with Gasteiger partial charge in [-0.1, -0.05) is 30.3 Å². The molecule has 2 heterocycles. The first-order valence-corrected chi connectivity index (χ1v) is 8.88. The molecule has 1 N–H and O–H groups in total. The lowest BCUT2D eigenvalue weighted by Gasteiger charge is -2.09. The lowest BCUT2D eigenvalue weighted by atomic mass is 10.2. The number of thiophene rings is 1. The smallest absolute Gasteiger partial charge is 0.264 e. The Hall–Kier alpha value is -3.43. The van der Waals surface area contributed by atoms with Crippen molar-refractivity contribution in [2.24, 2.45) is 0 Å². The Kier molecular flexibility index (Phi) is 4.22. The highest BCUT2D eigenvalue weighted by Crippen LogP contribution is 2.37. The van der Waals surface area contributed by atoms with E-state index in [1.165, 1.54) is 0 Å². The van der Waals surface area contributed by atoms with E-state index in [2.05, 4.69) is 20.4 Å². The Morgan fingerprint density at radius 3 is 2.77 bits per heavy atom. The largest absolute Gasteiger partial charge is 0.415 e. The number of fused-ring (bicyclic) bond motifs is 1. The molecule has 4 aromatic rings. The molecular weight excluding hydrogens is 344 g/mol. The van der Waals surface area contributed by atoms with Gasteiger partial charge in [0.15, 0.2) is 0 Å². The van der Waals surface area contributed by atoms with Crippen LogP contribution in [-0.2, 0) is 0 Å². The summed E-state index contributed by atoms with van der Waals surface area (Å²) >= 11 is 1.56. The number of nitrogens with zero attached hydrogens (tertiary/aromatic N) is 3. The average molecular weight is 358 g/mol. The third-order valence-corrected chi connectivity index (χ3v) is 4.89. The second-order valence-corrected chi connectivity index (χ2v) is 6.43. The van der Waals surface area contributed by atoms with Crippen molar-refractivity contribution in [2.75, 3.05) is 5.32 Å². The molecule has 2 aromatic heterocycles. The summed E-state index contributed by atoms with van der Waals surface area (Å²) in [6, 6.07) is 15.4.